The lowest BCUT2D eigenvalue weighted by molar-refractivity contribution is 0.618. The Hall–Kier alpha value is -1.83. The average molecular weight is 271 g/mol. The fourth-order valence-corrected chi connectivity index (χ4v) is 2.51. The molecular formula is C18H22FN. The van der Waals surface area contributed by atoms with E-state index in [2.05, 4.69) is 45.1 Å². The van der Waals surface area contributed by atoms with E-state index in [1.165, 1.54) is 28.3 Å². The van der Waals surface area contributed by atoms with E-state index >= 15 is 0 Å². The van der Waals surface area contributed by atoms with Gasteiger partial charge in [-0.2, -0.15) is 0 Å². The third-order valence-electron chi connectivity index (χ3n) is 3.89. The maximum absolute atomic E-state index is 13.3. The fraction of sp³-hybridized carbons (Fsp3) is 0.333. The Morgan fingerprint density at radius 3 is 2.15 bits per heavy atom. The zero-order valence-corrected chi connectivity index (χ0v) is 12.8. The Balaban J connectivity index is 2.25. The van der Waals surface area contributed by atoms with Gasteiger partial charge in [-0.05, 0) is 80.6 Å². The predicted molar refractivity (Wildman–Crippen MR) is 83.8 cm³/mol. The number of rotatable bonds is 3. The summed E-state index contributed by atoms with van der Waals surface area (Å²) >= 11 is 0. The van der Waals surface area contributed by atoms with E-state index in [4.69, 9.17) is 0 Å². The largest absolute Gasteiger partial charge is 0.379 e. The van der Waals surface area contributed by atoms with E-state index < -0.39 is 0 Å². The van der Waals surface area contributed by atoms with Gasteiger partial charge in [-0.15, -0.1) is 0 Å². The summed E-state index contributed by atoms with van der Waals surface area (Å²) < 4.78 is 13.3. The number of hydrogen-bond acceptors (Lipinski definition) is 1. The summed E-state index contributed by atoms with van der Waals surface area (Å²) in [6.07, 6.45) is 0. The van der Waals surface area contributed by atoms with E-state index in [9.17, 15) is 4.39 Å². The first-order valence-corrected chi connectivity index (χ1v) is 6.99. The summed E-state index contributed by atoms with van der Waals surface area (Å²) in [6.45, 7) is 10.3. The molecule has 0 aliphatic rings. The van der Waals surface area contributed by atoms with Crippen LogP contribution in [0.15, 0.2) is 30.3 Å². The molecule has 0 amide bonds. The third-order valence-corrected chi connectivity index (χ3v) is 3.89. The predicted octanol–water partition coefficient (Wildman–Crippen LogP) is 5.23. The molecule has 2 aromatic rings. The van der Waals surface area contributed by atoms with Crippen molar-refractivity contribution in [2.24, 2.45) is 0 Å². The molecule has 0 radical (unpaired) electrons. The minimum absolute atomic E-state index is 0.162. The minimum atomic E-state index is -0.162. The van der Waals surface area contributed by atoms with Crippen LogP contribution < -0.4 is 5.32 Å². The van der Waals surface area contributed by atoms with Crippen molar-refractivity contribution in [3.63, 3.8) is 0 Å². The smallest absolute Gasteiger partial charge is 0.126 e. The molecule has 2 heteroatoms. The standard InChI is InChI=1S/C18H22FN/c1-11-8-13(3)17(10-12(11)2)15(5)20-16-6-7-18(19)14(4)9-16/h6-10,15,20H,1-5H3. The van der Waals surface area contributed by atoms with Gasteiger partial charge in [-0.1, -0.05) is 12.1 Å². The topological polar surface area (TPSA) is 12.0 Å². The zero-order valence-electron chi connectivity index (χ0n) is 12.8. The van der Waals surface area contributed by atoms with Crippen molar-refractivity contribution >= 4 is 5.69 Å². The molecule has 0 aliphatic carbocycles. The van der Waals surface area contributed by atoms with Crippen LogP contribution >= 0.6 is 0 Å². The summed E-state index contributed by atoms with van der Waals surface area (Å²) in [5.41, 5.74) is 6.81. The lowest BCUT2D eigenvalue weighted by Crippen LogP contribution is -2.09. The van der Waals surface area contributed by atoms with E-state index in [-0.39, 0.29) is 11.9 Å². The number of aryl methyl sites for hydroxylation is 4. The van der Waals surface area contributed by atoms with Crippen LogP contribution in [-0.2, 0) is 0 Å². The number of nitrogens with one attached hydrogen (secondary N) is 1. The molecule has 1 N–H and O–H groups in total. The summed E-state index contributed by atoms with van der Waals surface area (Å²) in [4.78, 5) is 0. The fourth-order valence-electron chi connectivity index (χ4n) is 2.51. The number of anilines is 1. The van der Waals surface area contributed by atoms with Crippen LogP contribution in [0.3, 0.4) is 0 Å². The summed E-state index contributed by atoms with van der Waals surface area (Å²) in [6, 6.07) is 9.80. The summed E-state index contributed by atoms with van der Waals surface area (Å²) in [7, 11) is 0. The quantitative estimate of drug-likeness (QED) is 0.805. The van der Waals surface area contributed by atoms with Gasteiger partial charge < -0.3 is 5.32 Å². The van der Waals surface area contributed by atoms with Gasteiger partial charge in [-0.25, -0.2) is 4.39 Å². The zero-order chi connectivity index (χ0) is 14.9. The molecule has 2 rings (SSSR count). The number of hydrogen-bond donors (Lipinski definition) is 1. The van der Waals surface area contributed by atoms with Crippen molar-refractivity contribution in [3.05, 3.63) is 64.0 Å². The molecule has 1 unspecified atom stereocenters. The molecule has 106 valence electrons. The second-order valence-electron chi connectivity index (χ2n) is 5.62. The van der Waals surface area contributed by atoms with Crippen molar-refractivity contribution in [2.45, 2.75) is 40.7 Å². The molecule has 0 heterocycles. The highest BCUT2D eigenvalue weighted by atomic mass is 19.1. The van der Waals surface area contributed by atoms with Crippen LogP contribution in [0.25, 0.3) is 0 Å². The molecule has 0 aliphatic heterocycles. The normalized spacial score (nSPS) is 12.3. The van der Waals surface area contributed by atoms with Crippen molar-refractivity contribution < 1.29 is 4.39 Å². The maximum atomic E-state index is 13.3. The van der Waals surface area contributed by atoms with Gasteiger partial charge in [0.1, 0.15) is 5.82 Å². The average Bonchev–Trinajstić information content (AvgIpc) is 2.38. The highest BCUT2D eigenvalue weighted by Crippen LogP contribution is 2.25. The lowest BCUT2D eigenvalue weighted by Gasteiger charge is -2.20. The SMILES string of the molecule is Cc1cc(C)c(C(C)Nc2ccc(F)c(C)c2)cc1C. The van der Waals surface area contributed by atoms with Crippen LogP contribution in [0.2, 0.25) is 0 Å². The van der Waals surface area contributed by atoms with Crippen LogP contribution in [0.4, 0.5) is 10.1 Å². The van der Waals surface area contributed by atoms with Gasteiger partial charge in [0, 0.05) is 11.7 Å². The van der Waals surface area contributed by atoms with Crippen molar-refractivity contribution in [1.29, 1.82) is 0 Å². The van der Waals surface area contributed by atoms with Crippen LogP contribution in [0.5, 0.6) is 0 Å². The third kappa shape index (κ3) is 3.01. The molecule has 2 aromatic carbocycles. The van der Waals surface area contributed by atoms with Crippen molar-refractivity contribution in [1.82, 2.24) is 0 Å². The van der Waals surface area contributed by atoms with Crippen molar-refractivity contribution in [3.8, 4) is 0 Å². The van der Waals surface area contributed by atoms with E-state index in [0.29, 0.717) is 5.56 Å². The summed E-state index contributed by atoms with van der Waals surface area (Å²) in [5.74, 6) is -0.162. The van der Waals surface area contributed by atoms with Crippen LogP contribution in [0, 0.1) is 33.5 Å². The van der Waals surface area contributed by atoms with E-state index in [1.807, 2.05) is 6.07 Å². The highest BCUT2D eigenvalue weighted by Gasteiger charge is 2.10. The number of halogens is 1. The van der Waals surface area contributed by atoms with Gasteiger partial charge in [0.2, 0.25) is 0 Å². The molecule has 0 saturated carbocycles. The first kappa shape index (κ1) is 14.6. The Labute approximate surface area is 120 Å². The molecule has 0 bridgehead atoms. The van der Waals surface area contributed by atoms with E-state index in [1.54, 1.807) is 13.0 Å². The van der Waals surface area contributed by atoms with Gasteiger partial charge in [0.05, 0.1) is 0 Å². The second kappa shape index (κ2) is 5.66. The highest BCUT2D eigenvalue weighted by molar-refractivity contribution is 5.49. The first-order valence-electron chi connectivity index (χ1n) is 6.99. The van der Waals surface area contributed by atoms with Gasteiger partial charge >= 0.3 is 0 Å². The molecule has 0 fully saturated rings. The molecule has 1 atom stereocenters. The summed E-state index contributed by atoms with van der Waals surface area (Å²) in [5, 5.41) is 3.45. The molecule has 0 saturated heterocycles. The minimum Gasteiger partial charge on any atom is -0.379 e. The first-order chi connectivity index (χ1) is 9.38. The van der Waals surface area contributed by atoms with Gasteiger partial charge in [0.25, 0.3) is 0 Å². The van der Waals surface area contributed by atoms with Crippen LogP contribution in [-0.4, -0.2) is 0 Å². The van der Waals surface area contributed by atoms with Gasteiger partial charge in [0.15, 0.2) is 0 Å². The molecule has 0 spiro atoms. The molecule has 0 aromatic heterocycles. The monoisotopic (exact) mass is 271 g/mol. The number of benzene rings is 2. The Morgan fingerprint density at radius 2 is 1.50 bits per heavy atom. The Bertz CT molecular complexity index is 632. The Kier molecular flexibility index (Phi) is 4.12. The molecular weight excluding hydrogens is 249 g/mol. The Morgan fingerprint density at radius 1 is 0.850 bits per heavy atom. The molecule has 1 nitrogen and oxygen atoms in total. The van der Waals surface area contributed by atoms with Gasteiger partial charge in [-0.3, -0.25) is 0 Å². The lowest BCUT2D eigenvalue weighted by atomic mass is 9.96. The second-order valence-corrected chi connectivity index (χ2v) is 5.62. The van der Waals surface area contributed by atoms with Crippen molar-refractivity contribution in [2.75, 3.05) is 5.32 Å². The maximum Gasteiger partial charge on any atom is 0.126 e. The van der Waals surface area contributed by atoms with E-state index in [0.717, 1.165) is 5.69 Å². The van der Waals surface area contributed by atoms with Crippen LogP contribution in [0.1, 0.15) is 40.8 Å². The molecule has 20 heavy (non-hydrogen) atoms.